The number of fused-ring (bicyclic) bond motifs is 1. The molecule has 2 aromatic heterocycles. The molecule has 2 heterocycles. The summed E-state index contributed by atoms with van der Waals surface area (Å²) in [4.78, 5) is 28.2. The van der Waals surface area contributed by atoms with E-state index in [0.29, 0.717) is 41.1 Å². The van der Waals surface area contributed by atoms with E-state index in [1.807, 2.05) is 12.1 Å². The van der Waals surface area contributed by atoms with Crippen molar-refractivity contribution in [1.29, 1.82) is 0 Å². The summed E-state index contributed by atoms with van der Waals surface area (Å²) in [6, 6.07) is 9.05. The lowest BCUT2D eigenvalue weighted by atomic mass is 10.1. The first-order valence-corrected chi connectivity index (χ1v) is 8.27. The predicted octanol–water partition coefficient (Wildman–Crippen LogP) is 2.13. The van der Waals surface area contributed by atoms with E-state index in [1.54, 1.807) is 31.5 Å². The summed E-state index contributed by atoms with van der Waals surface area (Å²) in [6.45, 7) is 4.25. The monoisotopic (exact) mass is 365 g/mol. The molecule has 3 aromatic rings. The van der Waals surface area contributed by atoms with Gasteiger partial charge in [-0.05, 0) is 24.3 Å². The van der Waals surface area contributed by atoms with Crippen LogP contribution in [0.2, 0.25) is 0 Å². The van der Waals surface area contributed by atoms with E-state index in [0.717, 1.165) is 5.56 Å². The number of pyridine rings is 1. The number of nitrogens with one attached hydrogen (secondary N) is 3. The first-order valence-electron chi connectivity index (χ1n) is 8.27. The van der Waals surface area contributed by atoms with Gasteiger partial charge in [0.25, 0.3) is 5.91 Å². The molecule has 0 radical (unpaired) electrons. The summed E-state index contributed by atoms with van der Waals surface area (Å²) in [7, 11) is 1.57. The second-order valence-electron chi connectivity index (χ2n) is 5.71. The molecule has 1 aromatic carbocycles. The standard InChI is InChI=1S/C19H19N5O3/c1-3-17(25)22-13-6-4-5-12(9-13)15-10-14-16(11-21-15)23-24-18(14)19(26)20-7-8-27-2/h3-6,9-11H,1,7-8H2,2H3,(H,20,26)(H,22,25)(H,23,24). The number of anilines is 1. The minimum Gasteiger partial charge on any atom is -0.383 e. The Kier molecular flexibility index (Phi) is 5.58. The molecule has 0 atom stereocenters. The van der Waals surface area contributed by atoms with Crippen LogP contribution >= 0.6 is 0 Å². The third kappa shape index (κ3) is 4.18. The molecule has 2 amide bonds. The number of methoxy groups -OCH3 is 1. The number of hydrogen-bond donors (Lipinski definition) is 3. The topological polar surface area (TPSA) is 109 Å². The van der Waals surface area contributed by atoms with Gasteiger partial charge in [-0.1, -0.05) is 18.7 Å². The number of amides is 2. The predicted molar refractivity (Wildman–Crippen MR) is 102 cm³/mol. The SMILES string of the molecule is C=CC(=O)Nc1cccc(-c2cc3c(C(=O)NCCOC)n[nH]c3cn2)c1. The van der Waals surface area contributed by atoms with Crippen LogP contribution in [0.3, 0.4) is 0 Å². The summed E-state index contributed by atoms with van der Waals surface area (Å²) in [5.41, 5.74) is 3.03. The van der Waals surface area contributed by atoms with Gasteiger partial charge in [-0.3, -0.25) is 19.7 Å². The third-order valence-corrected chi connectivity index (χ3v) is 3.87. The molecule has 0 unspecified atom stereocenters. The van der Waals surface area contributed by atoms with E-state index in [9.17, 15) is 9.59 Å². The molecule has 3 N–H and O–H groups in total. The van der Waals surface area contributed by atoms with E-state index in [-0.39, 0.29) is 11.8 Å². The number of aromatic amines is 1. The Morgan fingerprint density at radius 1 is 1.33 bits per heavy atom. The van der Waals surface area contributed by atoms with Crippen LogP contribution in [0.5, 0.6) is 0 Å². The van der Waals surface area contributed by atoms with Crippen molar-refractivity contribution >= 4 is 28.4 Å². The number of H-pyrrole nitrogens is 1. The van der Waals surface area contributed by atoms with E-state index < -0.39 is 0 Å². The molecule has 138 valence electrons. The minimum atomic E-state index is -0.291. The maximum Gasteiger partial charge on any atom is 0.272 e. The van der Waals surface area contributed by atoms with Crippen molar-refractivity contribution < 1.29 is 14.3 Å². The molecule has 0 aliphatic rings. The van der Waals surface area contributed by atoms with Crippen molar-refractivity contribution in [3.05, 3.63) is 54.9 Å². The van der Waals surface area contributed by atoms with E-state index >= 15 is 0 Å². The van der Waals surface area contributed by atoms with Crippen LogP contribution in [-0.2, 0) is 9.53 Å². The Morgan fingerprint density at radius 3 is 2.96 bits per heavy atom. The molecule has 8 heteroatoms. The molecule has 0 aliphatic carbocycles. The summed E-state index contributed by atoms with van der Waals surface area (Å²) >= 11 is 0. The second-order valence-corrected chi connectivity index (χ2v) is 5.71. The molecule has 8 nitrogen and oxygen atoms in total. The molecule has 27 heavy (non-hydrogen) atoms. The highest BCUT2D eigenvalue weighted by molar-refractivity contribution is 6.05. The normalized spacial score (nSPS) is 10.6. The lowest BCUT2D eigenvalue weighted by Gasteiger charge is -2.06. The number of hydrogen-bond acceptors (Lipinski definition) is 5. The van der Waals surface area contributed by atoms with E-state index in [1.165, 1.54) is 6.08 Å². The summed E-state index contributed by atoms with van der Waals surface area (Å²) in [6.07, 6.45) is 2.83. The maximum absolute atomic E-state index is 12.3. The van der Waals surface area contributed by atoms with Gasteiger partial charge in [0.05, 0.1) is 24.0 Å². The van der Waals surface area contributed by atoms with Crippen LogP contribution < -0.4 is 10.6 Å². The Morgan fingerprint density at radius 2 is 2.19 bits per heavy atom. The molecule has 0 bridgehead atoms. The van der Waals surface area contributed by atoms with Crippen molar-refractivity contribution in [3.8, 4) is 11.3 Å². The van der Waals surface area contributed by atoms with Crippen molar-refractivity contribution in [2.75, 3.05) is 25.6 Å². The quantitative estimate of drug-likeness (QED) is 0.439. The van der Waals surface area contributed by atoms with Crippen LogP contribution in [0.4, 0.5) is 5.69 Å². The number of aromatic nitrogens is 3. The summed E-state index contributed by atoms with van der Waals surface area (Å²) in [5.74, 6) is -0.581. The molecule has 0 saturated heterocycles. The highest BCUT2D eigenvalue weighted by atomic mass is 16.5. The van der Waals surface area contributed by atoms with Crippen LogP contribution in [0, 0.1) is 0 Å². The fourth-order valence-electron chi connectivity index (χ4n) is 2.55. The maximum atomic E-state index is 12.3. The number of carbonyl (C=O) groups excluding carboxylic acids is 2. The first kappa shape index (κ1) is 18.3. The molecule has 0 aliphatic heterocycles. The zero-order valence-corrected chi connectivity index (χ0v) is 14.8. The molecular weight excluding hydrogens is 346 g/mol. The van der Waals surface area contributed by atoms with Crippen LogP contribution in [0.1, 0.15) is 10.5 Å². The van der Waals surface area contributed by atoms with Gasteiger partial charge in [-0.2, -0.15) is 5.10 Å². The zero-order chi connectivity index (χ0) is 19.2. The summed E-state index contributed by atoms with van der Waals surface area (Å²) < 4.78 is 4.93. The van der Waals surface area contributed by atoms with Gasteiger partial charge in [-0.15, -0.1) is 0 Å². The Bertz CT molecular complexity index is 996. The molecule has 0 spiro atoms. The number of nitrogens with zero attached hydrogens (tertiary/aromatic N) is 2. The van der Waals surface area contributed by atoms with Crippen LogP contribution in [0.25, 0.3) is 22.2 Å². The van der Waals surface area contributed by atoms with Crippen LogP contribution in [0.15, 0.2) is 49.2 Å². The fraction of sp³-hybridized carbons (Fsp3) is 0.158. The van der Waals surface area contributed by atoms with Crippen molar-refractivity contribution in [1.82, 2.24) is 20.5 Å². The molecule has 0 fully saturated rings. The molecular formula is C19H19N5O3. The Labute approximate surface area is 155 Å². The Balaban J connectivity index is 1.91. The van der Waals surface area contributed by atoms with Gasteiger partial charge in [-0.25, -0.2) is 0 Å². The molecule has 0 saturated carbocycles. The van der Waals surface area contributed by atoms with Crippen molar-refractivity contribution in [2.24, 2.45) is 0 Å². The lowest BCUT2D eigenvalue weighted by molar-refractivity contribution is -0.111. The van der Waals surface area contributed by atoms with Gasteiger partial charge in [0.15, 0.2) is 5.69 Å². The van der Waals surface area contributed by atoms with E-state index in [4.69, 9.17) is 4.74 Å². The number of rotatable bonds is 7. The minimum absolute atomic E-state index is 0.289. The smallest absolute Gasteiger partial charge is 0.272 e. The van der Waals surface area contributed by atoms with Crippen molar-refractivity contribution in [2.45, 2.75) is 0 Å². The number of carbonyl (C=O) groups is 2. The zero-order valence-electron chi connectivity index (χ0n) is 14.8. The second kappa shape index (κ2) is 8.24. The largest absolute Gasteiger partial charge is 0.383 e. The fourth-order valence-corrected chi connectivity index (χ4v) is 2.55. The average molecular weight is 365 g/mol. The highest BCUT2D eigenvalue weighted by Gasteiger charge is 2.15. The van der Waals surface area contributed by atoms with Crippen molar-refractivity contribution in [3.63, 3.8) is 0 Å². The van der Waals surface area contributed by atoms with Gasteiger partial charge in [0.2, 0.25) is 5.91 Å². The van der Waals surface area contributed by atoms with Crippen LogP contribution in [-0.4, -0.2) is 47.3 Å². The molecule has 3 rings (SSSR count). The Hall–Kier alpha value is -3.52. The van der Waals surface area contributed by atoms with Gasteiger partial charge in [0.1, 0.15) is 0 Å². The van der Waals surface area contributed by atoms with E-state index in [2.05, 4.69) is 32.4 Å². The van der Waals surface area contributed by atoms with Gasteiger partial charge >= 0.3 is 0 Å². The number of ether oxygens (including phenoxy) is 1. The first-order chi connectivity index (χ1) is 13.1. The third-order valence-electron chi connectivity index (χ3n) is 3.87. The highest BCUT2D eigenvalue weighted by Crippen LogP contribution is 2.25. The average Bonchev–Trinajstić information content (AvgIpc) is 3.11. The van der Waals surface area contributed by atoms with Gasteiger partial charge < -0.3 is 15.4 Å². The summed E-state index contributed by atoms with van der Waals surface area (Å²) in [5, 5.41) is 13.0. The lowest BCUT2D eigenvalue weighted by Crippen LogP contribution is -2.27. The number of benzene rings is 1. The van der Waals surface area contributed by atoms with Gasteiger partial charge in [0, 0.05) is 30.3 Å².